The molecule has 2 nitrogen and oxygen atoms in total. The van der Waals surface area contributed by atoms with Crippen molar-refractivity contribution in [3.63, 3.8) is 0 Å². The van der Waals surface area contributed by atoms with E-state index in [1.54, 1.807) is 0 Å². The average molecular weight is 345 g/mol. The average Bonchev–Trinajstić information content (AvgIpc) is 1.95. The van der Waals surface area contributed by atoms with Gasteiger partial charge in [0.25, 0.3) is 0 Å². The van der Waals surface area contributed by atoms with E-state index in [-0.39, 0.29) is 0 Å². The molecule has 0 unspecified atom stereocenters. The molecule has 0 aliphatic carbocycles. The van der Waals surface area contributed by atoms with Crippen molar-refractivity contribution in [1.29, 1.82) is 0 Å². The van der Waals surface area contributed by atoms with E-state index < -0.39 is 0 Å². The zero-order valence-corrected chi connectivity index (χ0v) is 10.3. The Labute approximate surface area is 90.2 Å². The molecule has 5 heteroatoms. The minimum absolute atomic E-state index is 0.614. The zero-order chi connectivity index (χ0) is 8.27. The van der Waals surface area contributed by atoms with Gasteiger partial charge >= 0.3 is 0 Å². The topological polar surface area (TPSA) is 25.8 Å². The van der Waals surface area contributed by atoms with E-state index in [1.165, 1.54) is 0 Å². The third-order valence-electron chi connectivity index (χ3n) is 1.15. The van der Waals surface area contributed by atoms with Gasteiger partial charge in [0.05, 0.1) is 0 Å². The quantitative estimate of drug-likeness (QED) is 0.468. The highest BCUT2D eigenvalue weighted by atomic mass is 79.9. The maximum atomic E-state index is 4.09. The number of hydrogen-bond donors (Lipinski definition) is 0. The van der Waals surface area contributed by atoms with Crippen LogP contribution in [0.5, 0.6) is 0 Å². The van der Waals surface area contributed by atoms with Crippen LogP contribution in [-0.2, 0) is 6.42 Å². The van der Waals surface area contributed by atoms with Crippen LogP contribution in [0.1, 0.15) is 5.56 Å². The summed E-state index contributed by atoms with van der Waals surface area (Å²) in [6, 6.07) is 0. The van der Waals surface area contributed by atoms with Gasteiger partial charge in [0.2, 0.25) is 0 Å². The van der Waals surface area contributed by atoms with Crippen LogP contribution in [0.2, 0.25) is 0 Å². The Kier molecular flexibility index (Phi) is 3.95. The number of alkyl halides is 1. The molecule has 0 bridgehead atoms. The minimum Gasteiger partial charge on any atom is -0.230 e. The Balaban J connectivity index is 2.90. The first-order valence-corrected chi connectivity index (χ1v) is 5.67. The molecule has 0 radical (unpaired) electrons. The number of hydrogen-bond acceptors (Lipinski definition) is 2. The molecular weight excluding hydrogens is 340 g/mol. The minimum atomic E-state index is 0.614. The summed E-state index contributed by atoms with van der Waals surface area (Å²) in [5.74, 6) is 0. The Morgan fingerprint density at radius 2 is 2.09 bits per heavy atom. The van der Waals surface area contributed by atoms with Gasteiger partial charge in [-0.3, -0.25) is 0 Å². The molecular formula is C6H5Br3N2. The largest absolute Gasteiger partial charge is 0.230 e. The second-order valence-corrected chi connectivity index (χ2v) is 4.15. The second kappa shape index (κ2) is 4.52. The molecule has 1 aromatic rings. The number of nitrogens with zero attached hydrogens (tertiary/aromatic N) is 2. The molecule has 1 heterocycles. The Bertz CT molecular complexity index is 252. The van der Waals surface area contributed by atoms with E-state index in [2.05, 4.69) is 57.8 Å². The molecule has 0 atom stereocenters. The molecule has 0 aliphatic heterocycles. The van der Waals surface area contributed by atoms with Gasteiger partial charge in [0, 0.05) is 17.1 Å². The lowest BCUT2D eigenvalue weighted by molar-refractivity contribution is 1.00. The standard InChI is InChI=1S/C6H5Br3N2/c7-2-1-4-3-10-6(9)11-5(4)8/h3H,1-2H2. The van der Waals surface area contributed by atoms with E-state index in [0.717, 1.165) is 21.9 Å². The summed E-state index contributed by atoms with van der Waals surface area (Å²) in [5, 5.41) is 0.927. The van der Waals surface area contributed by atoms with E-state index in [0.29, 0.717) is 4.73 Å². The Morgan fingerprint density at radius 3 is 2.64 bits per heavy atom. The highest BCUT2D eigenvalue weighted by Gasteiger charge is 2.01. The monoisotopic (exact) mass is 342 g/mol. The van der Waals surface area contributed by atoms with Crippen molar-refractivity contribution < 1.29 is 0 Å². The summed E-state index contributed by atoms with van der Waals surface area (Å²) < 4.78 is 1.47. The van der Waals surface area contributed by atoms with Gasteiger partial charge in [-0.2, -0.15) is 0 Å². The molecule has 0 aromatic carbocycles. The van der Waals surface area contributed by atoms with Crippen molar-refractivity contribution >= 4 is 47.8 Å². The molecule has 0 aliphatic rings. The Hall–Kier alpha value is 0.520. The Morgan fingerprint density at radius 1 is 1.36 bits per heavy atom. The van der Waals surface area contributed by atoms with Crippen LogP contribution in [0.4, 0.5) is 0 Å². The molecule has 0 saturated carbocycles. The van der Waals surface area contributed by atoms with Gasteiger partial charge in [-0.05, 0) is 38.3 Å². The van der Waals surface area contributed by atoms with Crippen molar-refractivity contribution in [1.82, 2.24) is 9.97 Å². The predicted molar refractivity (Wildman–Crippen MR) is 54.9 cm³/mol. The summed E-state index contributed by atoms with van der Waals surface area (Å²) in [4.78, 5) is 8.11. The molecule has 0 fully saturated rings. The summed E-state index contributed by atoms with van der Waals surface area (Å²) in [5.41, 5.74) is 1.12. The lowest BCUT2D eigenvalue weighted by atomic mass is 10.3. The van der Waals surface area contributed by atoms with Crippen molar-refractivity contribution in [2.45, 2.75) is 6.42 Å². The molecule has 0 saturated heterocycles. The van der Waals surface area contributed by atoms with Crippen molar-refractivity contribution in [2.24, 2.45) is 0 Å². The second-order valence-electron chi connectivity index (χ2n) is 1.89. The van der Waals surface area contributed by atoms with E-state index in [9.17, 15) is 0 Å². The first-order chi connectivity index (χ1) is 5.24. The molecule has 60 valence electrons. The number of rotatable bonds is 2. The third-order valence-corrected chi connectivity index (χ3v) is 2.61. The summed E-state index contributed by atoms with van der Waals surface area (Å²) >= 11 is 9.88. The summed E-state index contributed by atoms with van der Waals surface area (Å²) in [6.45, 7) is 0. The molecule has 0 spiro atoms. The highest BCUT2D eigenvalue weighted by molar-refractivity contribution is 9.11. The maximum absolute atomic E-state index is 4.09. The highest BCUT2D eigenvalue weighted by Crippen LogP contribution is 2.16. The van der Waals surface area contributed by atoms with Gasteiger partial charge in [-0.25, -0.2) is 9.97 Å². The van der Waals surface area contributed by atoms with Crippen LogP contribution in [0.25, 0.3) is 0 Å². The zero-order valence-electron chi connectivity index (χ0n) is 5.52. The van der Waals surface area contributed by atoms with Crippen LogP contribution in [-0.4, -0.2) is 15.3 Å². The van der Waals surface area contributed by atoms with Crippen molar-refractivity contribution in [3.05, 3.63) is 21.1 Å². The lowest BCUT2D eigenvalue weighted by Gasteiger charge is -1.99. The fourth-order valence-corrected chi connectivity index (χ4v) is 2.05. The molecule has 0 N–H and O–H groups in total. The van der Waals surface area contributed by atoms with Crippen molar-refractivity contribution in [2.75, 3.05) is 5.33 Å². The predicted octanol–water partition coefficient (Wildman–Crippen LogP) is 2.94. The maximum Gasteiger partial charge on any atom is 0.197 e. The first-order valence-electron chi connectivity index (χ1n) is 2.97. The first kappa shape index (κ1) is 9.61. The van der Waals surface area contributed by atoms with Crippen LogP contribution in [0.15, 0.2) is 15.5 Å². The fraction of sp³-hybridized carbons (Fsp3) is 0.333. The lowest BCUT2D eigenvalue weighted by Crippen LogP contribution is -1.93. The third kappa shape index (κ3) is 2.80. The number of aryl methyl sites for hydroxylation is 1. The van der Waals surface area contributed by atoms with Crippen LogP contribution in [0.3, 0.4) is 0 Å². The number of halogens is 3. The fourth-order valence-electron chi connectivity index (χ4n) is 0.636. The normalized spacial score (nSPS) is 10.1. The SMILES string of the molecule is BrCCc1cnc(Br)nc1Br. The summed E-state index contributed by atoms with van der Waals surface area (Å²) in [6.07, 6.45) is 2.75. The van der Waals surface area contributed by atoms with Crippen LogP contribution < -0.4 is 0 Å². The molecule has 1 aromatic heterocycles. The van der Waals surface area contributed by atoms with Gasteiger partial charge in [0.1, 0.15) is 4.60 Å². The van der Waals surface area contributed by atoms with Gasteiger partial charge < -0.3 is 0 Å². The van der Waals surface area contributed by atoms with Crippen LogP contribution in [0, 0.1) is 0 Å². The smallest absolute Gasteiger partial charge is 0.197 e. The van der Waals surface area contributed by atoms with E-state index in [4.69, 9.17) is 0 Å². The van der Waals surface area contributed by atoms with Crippen LogP contribution >= 0.6 is 47.8 Å². The summed E-state index contributed by atoms with van der Waals surface area (Å²) in [7, 11) is 0. The number of aromatic nitrogens is 2. The van der Waals surface area contributed by atoms with Crippen molar-refractivity contribution in [3.8, 4) is 0 Å². The van der Waals surface area contributed by atoms with Gasteiger partial charge in [-0.1, -0.05) is 15.9 Å². The van der Waals surface area contributed by atoms with Gasteiger partial charge in [-0.15, -0.1) is 0 Å². The van der Waals surface area contributed by atoms with Gasteiger partial charge in [0.15, 0.2) is 4.73 Å². The molecule has 1 rings (SSSR count). The molecule has 0 amide bonds. The van der Waals surface area contributed by atoms with E-state index >= 15 is 0 Å². The van der Waals surface area contributed by atoms with E-state index in [1.807, 2.05) is 6.20 Å². The molecule has 11 heavy (non-hydrogen) atoms.